The maximum atomic E-state index is 5.92. The van der Waals surface area contributed by atoms with Crippen LogP contribution in [-0.4, -0.2) is 19.8 Å². The van der Waals surface area contributed by atoms with Crippen LogP contribution in [0.1, 0.15) is 25.0 Å². The van der Waals surface area contributed by atoms with Crippen molar-refractivity contribution in [3.8, 4) is 11.5 Å². The zero-order chi connectivity index (χ0) is 13.0. The van der Waals surface area contributed by atoms with Crippen LogP contribution in [0.15, 0.2) is 24.3 Å². The van der Waals surface area contributed by atoms with Crippen molar-refractivity contribution in [2.45, 2.75) is 33.0 Å². The lowest BCUT2D eigenvalue weighted by Gasteiger charge is -2.20. The summed E-state index contributed by atoms with van der Waals surface area (Å²) in [4.78, 5) is 0. The Morgan fingerprint density at radius 2 is 2.06 bits per heavy atom. The van der Waals surface area contributed by atoms with Crippen molar-refractivity contribution < 1.29 is 14.2 Å². The van der Waals surface area contributed by atoms with Gasteiger partial charge in [-0.1, -0.05) is 18.2 Å². The van der Waals surface area contributed by atoms with Gasteiger partial charge in [-0.2, -0.15) is 0 Å². The molecule has 3 heteroatoms. The first-order chi connectivity index (χ1) is 8.72. The van der Waals surface area contributed by atoms with Gasteiger partial charge >= 0.3 is 0 Å². The van der Waals surface area contributed by atoms with E-state index in [0.717, 1.165) is 17.9 Å². The number of hydrogen-bond acceptors (Lipinski definition) is 3. The van der Waals surface area contributed by atoms with Gasteiger partial charge in [-0.25, -0.2) is 0 Å². The maximum absolute atomic E-state index is 5.92. The van der Waals surface area contributed by atoms with Crippen molar-refractivity contribution in [2.75, 3.05) is 13.7 Å². The van der Waals surface area contributed by atoms with Gasteiger partial charge in [0.05, 0.1) is 26.4 Å². The second-order valence-electron chi connectivity index (χ2n) is 4.59. The van der Waals surface area contributed by atoms with Crippen molar-refractivity contribution in [1.82, 2.24) is 0 Å². The fourth-order valence-electron chi connectivity index (χ4n) is 2.04. The summed E-state index contributed by atoms with van der Waals surface area (Å²) in [6, 6.07) is 4.01. The molecule has 0 spiro atoms. The molecule has 2 rings (SSSR count). The van der Waals surface area contributed by atoms with Crippen LogP contribution >= 0.6 is 0 Å². The molecule has 0 radical (unpaired) electrons. The topological polar surface area (TPSA) is 27.7 Å². The van der Waals surface area contributed by atoms with Crippen LogP contribution < -0.4 is 9.47 Å². The third-order valence-corrected chi connectivity index (χ3v) is 2.86. The van der Waals surface area contributed by atoms with Crippen molar-refractivity contribution in [2.24, 2.45) is 0 Å². The second kappa shape index (κ2) is 5.91. The maximum Gasteiger partial charge on any atom is 0.165 e. The monoisotopic (exact) mass is 248 g/mol. The number of ether oxygens (including phenoxy) is 3. The molecule has 0 N–H and O–H groups in total. The normalized spacial score (nSPS) is 16.7. The highest BCUT2D eigenvalue weighted by Crippen LogP contribution is 2.35. The quantitative estimate of drug-likeness (QED) is 0.769. The molecule has 1 aromatic rings. The zero-order valence-corrected chi connectivity index (χ0v) is 11.2. The molecule has 0 saturated carbocycles. The molecule has 1 aliphatic rings. The summed E-state index contributed by atoms with van der Waals surface area (Å²) in [6.45, 7) is 5.34. The van der Waals surface area contributed by atoms with Crippen molar-refractivity contribution in [1.29, 1.82) is 0 Å². The van der Waals surface area contributed by atoms with Crippen LogP contribution in [0, 0.1) is 0 Å². The summed E-state index contributed by atoms with van der Waals surface area (Å²) in [6.07, 6.45) is 5.14. The van der Waals surface area contributed by atoms with Crippen LogP contribution in [0.4, 0.5) is 0 Å². The van der Waals surface area contributed by atoms with Gasteiger partial charge in [0, 0.05) is 5.56 Å². The summed E-state index contributed by atoms with van der Waals surface area (Å²) in [5.74, 6) is 1.64. The molecule has 0 fully saturated rings. The predicted octanol–water partition coefficient (Wildman–Crippen LogP) is 3.11. The number of rotatable bonds is 3. The molecule has 0 aliphatic carbocycles. The first-order valence-corrected chi connectivity index (χ1v) is 6.30. The third-order valence-electron chi connectivity index (χ3n) is 2.86. The Hall–Kier alpha value is -1.48. The Kier molecular flexibility index (Phi) is 4.26. The fraction of sp³-hybridized carbons (Fsp3) is 0.467. The Morgan fingerprint density at radius 3 is 2.78 bits per heavy atom. The highest BCUT2D eigenvalue weighted by atomic mass is 16.5. The van der Waals surface area contributed by atoms with E-state index in [-0.39, 0.29) is 6.10 Å². The summed E-state index contributed by atoms with van der Waals surface area (Å²) >= 11 is 0. The average molecular weight is 248 g/mol. The summed E-state index contributed by atoms with van der Waals surface area (Å²) in [5, 5.41) is 0. The number of allylic oxidation sites excluding steroid dienone is 1. The minimum absolute atomic E-state index is 0.126. The van der Waals surface area contributed by atoms with E-state index in [0.29, 0.717) is 13.2 Å². The van der Waals surface area contributed by atoms with Gasteiger partial charge in [0.1, 0.15) is 0 Å². The number of hydrogen-bond donors (Lipinski definition) is 0. The van der Waals surface area contributed by atoms with Crippen LogP contribution in [0.2, 0.25) is 0 Å². The molecular weight excluding hydrogens is 228 g/mol. The molecule has 3 nitrogen and oxygen atoms in total. The zero-order valence-electron chi connectivity index (χ0n) is 11.2. The van der Waals surface area contributed by atoms with Gasteiger partial charge in [0.2, 0.25) is 0 Å². The number of benzene rings is 1. The molecule has 0 saturated heterocycles. The summed E-state index contributed by atoms with van der Waals surface area (Å²) < 4.78 is 16.9. The Balaban J connectivity index is 2.45. The molecular formula is C15H20O3. The van der Waals surface area contributed by atoms with Gasteiger partial charge in [0.25, 0.3) is 0 Å². The Morgan fingerprint density at radius 1 is 1.22 bits per heavy atom. The van der Waals surface area contributed by atoms with Crippen LogP contribution in [0.25, 0.3) is 0 Å². The molecule has 0 atom stereocenters. The largest absolute Gasteiger partial charge is 0.493 e. The standard InChI is InChI=1S/C15H20O3/c1-11(2)18-15-13-6-4-5-9-17-10-12(13)7-8-14(15)16-3/h4-5,7-8,11H,6,9-10H2,1-3H3/b5-4-. The van der Waals surface area contributed by atoms with E-state index in [4.69, 9.17) is 14.2 Å². The highest BCUT2D eigenvalue weighted by Gasteiger charge is 2.16. The Bertz CT molecular complexity index is 436. The predicted molar refractivity (Wildman–Crippen MR) is 71.3 cm³/mol. The molecule has 0 amide bonds. The average Bonchev–Trinajstić information content (AvgIpc) is 2.30. The Labute approximate surface area is 108 Å². The van der Waals surface area contributed by atoms with Crippen molar-refractivity contribution in [3.05, 3.63) is 35.4 Å². The molecule has 1 aromatic carbocycles. The van der Waals surface area contributed by atoms with Gasteiger partial charge < -0.3 is 14.2 Å². The van der Waals surface area contributed by atoms with E-state index in [1.807, 2.05) is 26.0 Å². The van der Waals surface area contributed by atoms with E-state index >= 15 is 0 Å². The van der Waals surface area contributed by atoms with Gasteiger partial charge in [-0.05, 0) is 31.9 Å². The van der Waals surface area contributed by atoms with E-state index in [1.54, 1.807) is 7.11 Å². The molecule has 1 aliphatic heterocycles. The summed E-state index contributed by atoms with van der Waals surface area (Å²) in [5.41, 5.74) is 2.34. The minimum atomic E-state index is 0.126. The SMILES string of the molecule is COc1ccc2c(c1OC(C)C)C/C=C\COC2. The lowest BCUT2D eigenvalue weighted by atomic mass is 10.0. The summed E-state index contributed by atoms with van der Waals surface area (Å²) in [7, 11) is 1.67. The first-order valence-electron chi connectivity index (χ1n) is 6.30. The van der Waals surface area contributed by atoms with E-state index in [9.17, 15) is 0 Å². The van der Waals surface area contributed by atoms with E-state index in [2.05, 4.69) is 12.1 Å². The lowest BCUT2D eigenvalue weighted by Crippen LogP contribution is -2.11. The van der Waals surface area contributed by atoms with E-state index < -0.39 is 0 Å². The van der Waals surface area contributed by atoms with Gasteiger partial charge in [-0.15, -0.1) is 0 Å². The van der Waals surface area contributed by atoms with Crippen molar-refractivity contribution in [3.63, 3.8) is 0 Å². The lowest BCUT2D eigenvalue weighted by molar-refractivity contribution is 0.146. The molecule has 0 unspecified atom stereocenters. The van der Waals surface area contributed by atoms with Gasteiger partial charge in [-0.3, -0.25) is 0 Å². The smallest absolute Gasteiger partial charge is 0.165 e. The molecule has 18 heavy (non-hydrogen) atoms. The second-order valence-corrected chi connectivity index (χ2v) is 4.59. The van der Waals surface area contributed by atoms with Crippen LogP contribution in [0.3, 0.4) is 0 Å². The molecule has 1 heterocycles. The van der Waals surface area contributed by atoms with Crippen LogP contribution in [-0.2, 0) is 17.8 Å². The van der Waals surface area contributed by atoms with Gasteiger partial charge in [0.15, 0.2) is 11.5 Å². The highest BCUT2D eigenvalue weighted by molar-refractivity contribution is 5.51. The van der Waals surface area contributed by atoms with E-state index in [1.165, 1.54) is 11.1 Å². The molecule has 98 valence electrons. The first kappa shape index (κ1) is 13.0. The van der Waals surface area contributed by atoms with Crippen molar-refractivity contribution >= 4 is 0 Å². The van der Waals surface area contributed by atoms with Crippen LogP contribution in [0.5, 0.6) is 11.5 Å². The molecule has 0 aromatic heterocycles. The third kappa shape index (κ3) is 2.85. The fourth-order valence-corrected chi connectivity index (χ4v) is 2.04. The number of methoxy groups -OCH3 is 1. The number of fused-ring (bicyclic) bond motifs is 1. The minimum Gasteiger partial charge on any atom is -0.493 e. The molecule has 0 bridgehead atoms.